The molecule has 0 aliphatic carbocycles. The Morgan fingerprint density at radius 2 is 2.03 bits per heavy atom. The van der Waals surface area contributed by atoms with Gasteiger partial charge in [-0.05, 0) is 30.0 Å². The van der Waals surface area contributed by atoms with Crippen molar-refractivity contribution in [2.75, 3.05) is 20.8 Å². The second kappa shape index (κ2) is 9.27. The number of Topliss-reactive ketones (excluding diaryl/α,β-unsaturated/α-hetero) is 1. The van der Waals surface area contributed by atoms with Crippen LogP contribution in [0.25, 0.3) is 5.76 Å². The first-order valence-corrected chi connectivity index (χ1v) is 10.9. The van der Waals surface area contributed by atoms with Crippen molar-refractivity contribution in [3.05, 3.63) is 70.4 Å². The van der Waals surface area contributed by atoms with Gasteiger partial charge in [0.1, 0.15) is 17.3 Å². The fraction of sp³-hybridized carbons (Fsp3) is 0.261. The maximum Gasteiger partial charge on any atom is 0.295 e. The molecule has 166 valence electrons. The summed E-state index contributed by atoms with van der Waals surface area (Å²) in [4.78, 5) is 32.4. The molecule has 1 aromatic carbocycles. The molecule has 3 aromatic rings. The number of carbonyl (C=O) groups excluding carboxylic acids is 2. The van der Waals surface area contributed by atoms with E-state index in [9.17, 15) is 14.7 Å². The second-order valence-electron chi connectivity index (χ2n) is 7.23. The molecular formula is C23H23N3O5S. The van der Waals surface area contributed by atoms with Gasteiger partial charge in [-0.3, -0.25) is 9.59 Å². The molecule has 1 amide bonds. The third-order valence-electron chi connectivity index (χ3n) is 5.39. The molecule has 1 saturated heterocycles. The number of amides is 1. The van der Waals surface area contributed by atoms with Crippen molar-refractivity contribution in [1.82, 2.24) is 14.5 Å². The highest BCUT2D eigenvalue weighted by Gasteiger charge is 2.46. The quantitative estimate of drug-likeness (QED) is 0.319. The predicted octanol–water partition coefficient (Wildman–Crippen LogP) is 3.47. The van der Waals surface area contributed by atoms with Gasteiger partial charge in [0.2, 0.25) is 0 Å². The number of likely N-dealkylation sites (tertiary alicyclic amines) is 1. The number of aryl methyl sites for hydroxylation is 1. The molecule has 0 saturated carbocycles. The fourth-order valence-corrected chi connectivity index (χ4v) is 4.68. The van der Waals surface area contributed by atoms with Crippen LogP contribution in [-0.2, 0) is 16.1 Å². The van der Waals surface area contributed by atoms with Crippen molar-refractivity contribution < 1.29 is 24.2 Å². The molecule has 9 heteroatoms. The summed E-state index contributed by atoms with van der Waals surface area (Å²) in [6.45, 7) is 1.02. The van der Waals surface area contributed by atoms with Gasteiger partial charge in [-0.1, -0.05) is 6.07 Å². The zero-order valence-corrected chi connectivity index (χ0v) is 18.5. The summed E-state index contributed by atoms with van der Waals surface area (Å²) in [6, 6.07) is 7.97. The number of carbonyl (C=O) groups is 2. The highest BCUT2D eigenvalue weighted by atomic mass is 32.1. The van der Waals surface area contributed by atoms with Gasteiger partial charge in [-0.15, -0.1) is 11.3 Å². The van der Waals surface area contributed by atoms with Crippen molar-refractivity contribution >= 4 is 28.8 Å². The number of hydrogen-bond donors (Lipinski definition) is 1. The number of imidazole rings is 1. The zero-order chi connectivity index (χ0) is 22.7. The van der Waals surface area contributed by atoms with E-state index in [0.717, 1.165) is 4.88 Å². The van der Waals surface area contributed by atoms with E-state index in [4.69, 9.17) is 9.47 Å². The molecule has 4 rings (SSSR count). The van der Waals surface area contributed by atoms with Gasteiger partial charge >= 0.3 is 0 Å². The summed E-state index contributed by atoms with van der Waals surface area (Å²) < 4.78 is 12.5. The highest BCUT2D eigenvalue weighted by molar-refractivity contribution is 7.10. The van der Waals surface area contributed by atoms with E-state index in [1.807, 2.05) is 28.3 Å². The predicted molar refractivity (Wildman–Crippen MR) is 120 cm³/mol. The van der Waals surface area contributed by atoms with Crippen LogP contribution in [0.15, 0.2) is 60.0 Å². The average molecular weight is 454 g/mol. The molecule has 8 nitrogen and oxygen atoms in total. The number of ketones is 1. The number of methoxy groups -OCH3 is 2. The van der Waals surface area contributed by atoms with E-state index in [1.54, 1.807) is 30.7 Å². The number of aliphatic hydroxyl groups excluding tert-OH is 1. The van der Waals surface area contributed by atoms with Crippen molar-refractivity contribution in [3.8, 4) is 11.5 Å². The lowest BCUT2D eigenvalue weighted by Gasteiger charge is -2.24. The normalized spacial score (nSPS) is 17.7. The summed E-state index contributed by atoms with van der Waals surface area (Å²) in [5.41, 5.74) is 0.384. The Balaban J connectivity index is 1.73. The lowest BCUT2D eigenvalue weighted by molar-refractivity contribution is -0.139. The van der Waals surface area contributed by atoms with E-state index in [1.165, 1.54) is 30.5 Å². The Bertz CT molecular complexity index is 1140. The smallest absolute Gasteiger partial charge is 0.295 e. The number of benzene rings is 1. The van der Waals surface area contributed by atoms with Crippen LogP contribution in [0, 0.1) is 0 Å². The summed E-state index contributed by atoms with van der Waals surface area (Å²) >= 11 is 1.43. The number of thiophene rings is 1. The topological polar surface area (TPSA) is 93.9 Å². The van der Waals surface area contributed by atoms with Crippen molar-refractivity contribution in [2.24, 2.45) is 0 Å². The average Bonchev–Trinajstić information content (AvgIpc) is 3.57. The van der Waals surface area contributed by atoms with Gasteiger partial charge in [0.05, 0.1) is 37.7 Å². The van der Waals surface area contributed by atoms with Gasteiger partial charge in [-0.2, -0.15) is 0 Å². The van der Waals surface area contributed by atoms with Gasteiger partial charge in [0, 0.05) is 36.4 Å². The van der Waals surface area contributed by atoms with Gasteiger partial charge < -0.3 is 24.0 Å². The van der Waals surface area contributed by atoms with E-state index < -0.39 is 17.7 Å². The van der Waals surface area contributed by atoms with Crippen LogP contribution in [0.5, 0.6) is 11.5 Å². The zero-order valence-electron chi connectivity index (χ0n) is 17.7. The first kappa shape index (κ1) is 21.6. The van der Waals surface area contributed by atoms with Crippen molar-refractivity contribution in [3.63, 3.8) is 0 Å². The number of aliphatic hydroxyl groups is 1. The lowest BCUT2D eigenvalue weighted by Crippen LogP contribution is -2.31. The maximum absolute atomic E-state index is 13.1. The van der Waals surface area contributed by atoms with Crippen molar-refractivity contribution in [2.45, 2.75) is 19.0 Å². The molecule has 0 spiro atoms. The minimum Gasteiger partial charge on any atom is -0.507 e. The molecule has 1 fully saturated rings. The monoisotopic (exact) mass is 453 g/mol. The molecule has 3 heterocycles. The molecule has 1 aliphatic rings. The molecule has 0 bridgehead atoms. The number of hydrogen-bond acceptors (Lipinski definition) is 7. The number of rotatable bonds is 8. The van der Waals surface area contributed by atoms with Crippen LogP contribution in [0.4, 0.5) is 0 Å². The van der Waals surface area contributed by atoms with E-state index in [0.29, 0.717) is 36.6 Å². The summed E-state index contributed by atoms with van der Waals surface area (Å²) in [5.74, 6) is -0.700. The summed E-state index contributed by atoms with van der Waals surface area (Å²) in [6.07, 6.45) is 5.89. The van der Waals surface area contributed by atoms with E-state index in [2.05, 4.69) is 4.98 Å². The van der Waals surface area contributed by atoms with E-state index in [-0.39, 0.29) is 11.3 Å². The van der Waals surface area contributed by atoms with Crippen LogP contribution in [0.3, 0.4) is 0 Å². The molecule has 32 heavy (non-hydrogen) atoms. The SMILES string of the molecule is COc1ccc(C(O)=C2C(=O)C(=O)N(CCCn3ccnc3)[C@H]2c2cccs2)c(OC)c1. The Labute approximate surface area is 189 Å². The van der Waals surface area contributed by atoms with Gasteiger partial charge in [0.15, 0.2) is 0 Å². The van der Waals surface area contributed by atoms with Crippen LogP contribution >= 0.6 is 11.3 Å². The Morgan fingerprint density at radius 1 is 1.19 bits per heavy atom. The lowest BCUT2D eigenvalue weighted by atomic mass is 9.99. The van der Waals surface area contributed by atoms with Crippen LogP contribution in [-0.4, -0.2) is 52.0 Å². The highest BCUT2D eigenvalue weighted by Crippen LogP contribution is 2.42. The number of ether oxygens (including phenoxy) is 2. The molecule has 1 atom stereocenters. The minimum atomic E-state index is -0.707. The molecule has 0 unspecified atom stereocenters. The molecule has 2 aromatic heterocycles. The number of aromatic nitrogens is 2. The molecular weight excluding hydrogens is 430 g/mol. The summed E-state index contributed by atoms with van der Waals surface area (Å²) in [5, 5.41) is 13.1. The number of nitrogens with zero attached hydrogens (tertiary/aromatic N) is 3. The minimum absolute atomic E-state index is 0.0588. The first-order valence-electron chi connectivity index (χ1n) is 10.0. The molecule has 1 N–H and O–H groups in total. The standard InChI is InChI=1S/C23H23N3O5S/c1-30-15-6-7-16(17(13-15)31-2)21(27)19-20(18-5-3-12-32-18)26(23(29)22(19)28)10-4-9-25-11-8-24-14-25/h3,5-8,11-14,20,27H,4,9-10H2,1-2H3/t20-/m0/s1. The Kier molecular flexibility index (Phi) is 6.27. The fourth-order valence-electron chi connectivity index (χ4n) is 3.84. The largest absolute Gasteiger partial charge is 0.507 e. The van der Waals surface area contributed by atoms with Gasteiger partial charge in [0.25, 0.3) is 11.7 Å². The van der Waals surface area contributed by atoms with E-state index >= 15 is 0 Å². The summed E-state index contributed by atoms with van der Waals surface area (Å²) in [7, 11) is 3.00. The third-order valence-corrected chi connectivity index (χ3v) is 6.32. The van der Waals surface area contributed by atoms with Crippen molar-refractivity contribution in [1.29, 1.82) is 0 Å². The Hall–Kier alpha value is -3.59. The maximum atomic E-state index is 13.1. The molecule has 1 aliphatic heterocycles. The molecule has 0 radical (unpaired) electrons. The second-order valence-corrected chi connectivity index (χ2v) is 8.21. The van der Waals surface area contributed by atoms with Gasteiger partial charge in [-0.25, -0.2) is 4.98 Å². The Morgan fingerprint density at radius 3 is 2.69 bits per heavy atom. The van der Waals surface area contributed by atoms with Crippen LogP contribution in [0.1, 0.15) is 22.9 Å². The van der Waals surface area contributed by atoms with Crippen LogP contribution in [0.2, 0.25) is 0 Å². The first-order chi connectivity index (χ1) is 15.5. The third kappa shape index (κ3) is 3.99. The van der Waals surface area contributed by atoms with Crippen LogP contribution < -0.4 is 9.47 Å².